The maximum absolute atomic E-state index is 11.5. The van der Waals surface area contributed by atoms with Crippen LogP contribution in [0.3, 0.4) is 0 Å². The zero-order valence-electron chi connectivity index (χ0n) is 12.3. The molecule has 0 aliphatic carbocycles. The van der Waals surface area contributed by atoms with E-state index in [0.29, 0.717) is 35.6 Å². The Morgan fingerprint density at radius 1 is 1.43 bits per heavy atom. The van der Waals surface area contributed by atoms with E-state index in [9.17, 15) is 4.79 Å². The van der Waals surface area contributed by atoms with Crippen molar-refractivity contribution in [2.24, 2.45) is 5.92 Å². The molecule has 0 saturated carbocycles. The second-order valence-electron chi connectivity index (χ2n) is 4.99. The molecule has 0 aliphatic rings. The zero-order valence-corrected chi connectivity index (χ0v) is 12.3. The largest absolute Gasteiger partial charge is 0.476 e. The Balaban J connectivity index is 2.25. The lowest BCUT2D eigenvalue weighted by atomic mass is 10.2. The van der Waals surface area contributed by atoms with Crippen molar-refractivity contribution in [3.05, 3.63) is 30.1 Å². The van der Waals surface area contributed by atoms with Crippen molar-refractivity contribution in [3.63, 3.8) is 0 Å². The van der Waals surface area contributed by atoms with E-state index in [1.54, 1.807) is 31.4 Å². The van der Waals surface area contributed by atoms with Crippen LogP contribution in [0.15, 0.2) is 24.4 Å². The highest BCUT2D eigenvalue weighted by Gasteiger charge is 2.11. The van der Waals surface area contributed by atoms with Crippen molar-refractivity contribution in [2.45, 2.75) is 13.8 Å². The third kappa shape index (κ3) is 3.50. The Morgan fingerprint density at radius 3 is 2.86 bits per heavy atom. The number of nitrogens with one attached hydrogen (secondary N) is 1. The molecule has 0 saturated heterocycles. The lowest BCUT2D eigenvalue weighted by molar-refractivity contribution is 0.0957. The van der Waals surface area contributed by atoms with Crippen LogP contribution in [-0.2, 0) is 0 Å². The molecule has 7 nitrogen and oxygen atoms in total. The molecular formula is C14H19N5O2. The highest BCUT2D eigenvalue weighted by Crippen LogP contribution is 2.20. The van der Waals surface area contributed by atoms with E-state index < -0.39 is 0 Å². The van der Waals surface area contributed by atoms with Crippen molar-refractivity contribution in [3.8, 4) is 11.7 Å². The summed E-state index contributed by atoms with van der Waals surface area (Å²) in [6.07, 6.45) is 1.66. The summed E-state index contributed by atoms with van der Waals surface area (Å²) in [6, 6.07) is 5.04. The predicted molar refractivity (Wildman–Crippen MR) is 79.5 cm³/mol. The topological polar surface area (TPSA) is 95.1 Å². The van der Waals surface area contributed by atoms with Gasteiger partial charge in [0.15, 0.2) is 11.5 Å². The number of carbonyl (C=O) groups is 1. The van der Waals surface area contributed by atoms with Crippen LogP contribution >= 0.6 is 0 Å². The third-order valence-corrected chi connectivity index (χ3v) is 2.71. The van der Waals surface area contributed by atoms with Gasteiger partial charge in [-0.15, -0.1) is 0 Å². The molecule has 3 N–H and O–H groups in total. The van der Waals surface area contributed by atoms with Crippen molar-refractivity contribution >= 4 is 11.6 Å². The molecule has 0 fully saturated rings. The first-order valence-corrected chi connectivity index (χ1v) is 6.68. The van der Waals surface area contributed by atoms with E-state index in [1.807, 2.05) is 13.8 Å². The first kappa shape index (κ1) is 14.8. The Morgan fingerprint density at radius 2 is 2.19 bits per heavy atom. The van der Waals surface area contributed by atoms with Crippen LogP contribution in [0.25, 0.3) is 5.82 Å². The molecule has 0 aliphatic heterocycles. The highest BCUT2D eigenvalue weighted by molar-refractivity contribution is 5.91. The third-order valence-electron chi connectivity index (χ3n) is 2.71. The Bertz CT molecular complexity index is 636. The molecule has 7 heteroatoms. The molecule has 2 aromatic rings. The SMILES string of the molecule is CNC(=O)c1ccn(-c2ccc(N)c(OCC(C)C)n2)n1. The molecule has 0 unspecified atom stereocenters. The molecule has 0 atom stereocenters. The molecule has 2 aromatic heterocycles. The van der Waals surface area contributed by atoms with Gasteiger partial charge in [-0.2, -0.15) is 10.1 Å². The maximum atomic E-state index is 11.5. The average molecular weight is 289 g/mol. The summed E-state index contributed by atoms with van der Waals surface area (Å²) in [4.78, 5) is 15.8. The number of nitrogens with zero attached hydrogens (tertiary/aromatic N) is 3. The fraction of sp³-hybridized carbons (Fsp3) is 0.357. The van der Waals surface area contributed by atoms with Gasteiger partial charge >= 0.3 is 0 Å². The van der Waals surface area contributed by atoms with Gasteiger partial charge in [0, 0.05) is 13.2 Å². The summed E-state index contributed by atoms with van der Waals surface area (Å²) >= 11 is 0. The summed E-state index contributed by atoms with van der Waals surface area (Å²) < 4.78 is 7.09. The van der Waals surface area contributed by atoms with Gasteiger partial charge in [0.2, 0.25) is 5.88 Å². The summed E-state index contributed by atoms with van der Waals surface area (Å²) in [7, 11) is 1.56. The predicted octanol–water partition coefficient (Wildman–Crippen LogP) is 1.24. The van der Waals surface area contributed by atoms with Crippen LogP contribution in [0.5, 0.6) is 5.88 Å². The number of pyridine rings is 1. The van der Waals surface area contributed by atoms with Crippen LogP contribution in [0.4, 0.5) is 5.69 Å². The van der Waals surface area contributed by atoms with Gasteiger partial charge in [0.1, 0.15) is 0 Å². The van der Waals surface area contributed by atoms with Crippen molar-refractivity contribution < 1.29 is 9.53 Å². The normalized spacial score (nSPS) is 10.7. The molecule has 2 rings (SSSR count). The molecule has 0 spiro atoms. The molecule has 21 heavy (non-hydrogen) atoms. The Labute approximate surface area is 123 Å². The van der Waals surface area contributed by atoms with Crippen molar-refractivity contribution in [1.82, 2.24) is 20.1 Å². The minimum atomic E-state index is -0.250. The number of anilines is 1. The number of amides is 1. The Hall–Kier alpha value is -2.57. The van der Waals surface area contributed by atoms with Gasteiger partial charge in [-0.3, -0.25) is 4.79 Å². The molecule has 112 valence electrons. The number of nitrogen functional groups attached to an aromatic ring is 1. The Kier molecular flexibility index (Phi) is 4.42. The number of hydrogen-bond acceptors (Lipinski definition) is 5. The van der Waals surface area contributed by atoms with Gasteiger partial charge < -0.3 is 15.8 Å². The fourth-order valence-electron chi connectivity index (χ4n) is 1.63. The van der Waals surface area contributed by atoms with Gasteiger partial charge in [-0.05, 0) is 24.1 Å². The van der Waals surface area contributed by atoms with E-state index in [2.05, 4.69) is 15.4 Å². The zero-order chi connectivity index (χ0) is 15.4. The molecule has 0 radical (unpaired) electrons. The quantitative estimate of drug-likeness (QED) is 0.863. The highest BCUT2D eigenvalue weighted by atomic mass is 16.5. The maximum Gasteiger partial charge on any atom is 0.271 e. The first-order chi connectivity index (χ1) is 10.0. The molecule has 2 heterocycles. The smallest absolute Gasteiger partial charge is 0.271 e. The van der Waals surface area contributed by atoms with Crippen LogP contribution in [-0.4, -0.2) is 34.3 Å². The van der Waals surface area contributed by atoms with E-state index in [0.717, 1.165) is 0 Å². The second-order valence-corrected chi connectivity index (χ2v) is 4.99. The van der Waals surface area contributed by atoms with E-state index in [4.69, 9.17) is 10.5 Å². The van der Waals surface area contributed by atoms with E-state index in [1.165, 1.54) is 4.68 Å². The van der Waals surface area contributed by atoms with E-state index >= 15 is 0 Å². The van der Waals surface area contributed by atoms with Crippen LogP contribution in [0, 0.1) is 5.92 Å². The fourth-order valence-corrected chi connectivity index (χ4v) is 1.63. The van der Waals surface area contributed by atoms with Crippen LogP contribution in [0.2, 0.25) is 0 Å². The van der Waals surface area contributed by atoms with E-state index in [-0.39, 0.29) is 5.91 Å². The van der Waals surface area contributed by atoms with Gasteiger partial charge in [0.05, 0.1) is 12.3 Å². The molecule has 0 bridgehead atoms. The standard InChI is InChI=1S/C14H19N5O2/c1-9(2)8-21-14-10(15)4-5-12(17-14)19-7-6-11(18-19)13(20)16-3/h4-7,9H,8,15H2,1-3H3,(H,16,20). The lowest BCUT2D eigenvalue weighted by Gasteiger charge is -2.11. The van der Waals surface area contributed by atoms with Gasteiger partial charge in [-0.1, -0.05) is 13.8 Å². The number of rotatable bonds is 5. The summed E-state index contributed by atoms with van der Waals surface area (Å²) in [5.74, 6) is 1.04. The number of hydrogen-bond donors (Lipinski definition) is 2. The summed E-state index contributed by atoms with van der Waals surface area (Å²) in [6.45, 7) is 4.62. The first-order valence-electron chi connectivity index (χ1n) is 6.68. The summed E-state index contributed by atoms with van der Waals surface area (Å²) in [5.41, 5.74) is 6.64. The summed E-state index contributed by atoms with van der Waals surface area (Å²) in [5, 5.41) is 6.68. The van der Waals surface area contributed by atoms with Crippen molar-refractivity contribution in [1.29, 1.82) is 0 Å². The molecular weight excluding hydrogens is 270 g/mol. The van der Waals surface area contributed by atoms with Crippen LogP contribution < -0.4 is 15.8 Å². The number of carbonyl (C=O) groups excluding carboxylic acids is 1. The molecule has 1 amide bonds. The lowest BCUT2D eigenvalue weighted by Crippen LogP contribution is -2.18. The van der Waals surface area contributed by atoms with Gasteiger partial charge in [-0.25, -0.2) is 4.68 Å². The average Bonchev–Trinajstić information content (AvgIpc) is 2.95. The number of ether oxygens (including phenoxy) is 1. The number of nitrogens with two attached hydrogens (primary N) is 1. The van der Waals surface area contributed by atoms with Gasteiger partial charge in [0.25, 0.3) is 5.91 Å². The minimum Gasteiger partial charge on any atom is -0.476 e. The number of aromatic nitrogens is 3. The second kappa shape index (κ2) is 6.25. The monoisotopic (exact) mass is 289 g/mol. The van der Waals surface area contributed by atoms with Crippen molar-refractivity contribution in [2.75, 3.05) is 19.4 Å². The van der Waals surface area contributed by atoms with Crippen LogP contribution in [0.1, 0.15) is 24.3 Å². The molecule has 0 aromatic carbocycles. The minimum absolute atomic E-state index is 0.250.